The number of esters is 1. The summed E-state index contributed by atoms with van der Waals surface area (Å²) in [6.07, 6.45) is 49.9. The first-order valence-electron chi connectivity index (χ1n) is 22.8. The Morgan fingerprint density at radius 3 is 1.40 bits per heavy atom. The predicted molar refractivity (Wildman–Crippen MR) is 227 cm³/mol. The molecule has 0 aromatic heterocycles. The van der Waals surface area contributed by atoms with Crippen LogP contribution in [0.15, 0.2) is 36.5 Å². The normalized spacial score (nSPS) is 13.1. The van der Waals surface area contributed by atoms with Gasteiger partial charge >= 0.3 is 5.97 Å². The van der Waals surface area contributed by atoms with Crippen LogP contribution < -0.4 is 5.32 Å². The first kappa shape index (κ1) is 51.1. The van der Waals surface area contributed by atoms with E-state index in [2.05, 4.69) is 43.5 Å². The molecule has 6 heteroatoms. The molecule has 0 aliphatic heterocycles. The van der Waals surface area contributed by atoms with E-state index in [1.54, 1.807) is 6.08 Å². The summed E-state index contributed by atoms with van der Waals surface area (Å²) in [6.45, 7) is 4.75. The van der Waals surface area contributed by atoms with Gasteiger partial charge in [-0.2, -0.15) is 0 Å². The fourth-order valence-electron chi connectivity index (χ4n) is 6.55. The highest BCUT2D eigenvalue weighted by Crippen LogP contribution is 2.14. The average Bonchev–Trinajstić information content (AvgIpc) is 3.16. The number of carbonyl (C=O) groups is 2. The molecule has 0 aromatic rings. The quantitative estimate of drug-likeness (QED) is 0.0329. The molecule has 0 aliphatic rings. The Bertz CT molecular complexity index is 869. The van der Waals surface area contributed by atoms with Gasteiger partial charge in [-0.15, -0.1) is 0 Å². The molecule has 53 heavy (non-hydrogen) atoms. The Kier molecular flexibility index (Phi) is 41.3. The number of amides is 1. The van der Waals surface area contributed by atoms with Crippen molar-refractivity contribution >= 4 is 11.9 Å². The topological polar surface area (TPSA) is 95.9 Å². The largest absolute Gasteiger partial charge is 0.466 e. The Hall–Kier alpha value is -1.92. The van der Waals surface area contributed by atoms with Gasteiger partial charge in [-0.05, 0) is 77.0 Å². The maximum Gasteiger partial charge on any atom is 0.305 e. The molecule has 0 aliphatic carbocycles. The maximum absolute atomic E-state index is 12.4. The second-order valence-electron chi connectivity index (χ2n) is 15.4. The lowest BCUT2D eigenvalue weighted by Gasteiger charge is -2.20. The number of hydrogen-bond donors (Lipinski definition) is 3. The molecule has 0 fully saturated rings. The van der Waals surface area contributed by atoms with Gasteiger partial charge in [0, 0.05) is 12.8 Å². The molecule has 1 amide bonds. The number of hydrogen-bond acceptors (Lipinski definition) is 5. The van der Waals surface area contributed by atoms with Crippen molar-refractivity contribution in [1.82, 2.24) is 5.32 Å². The van der Waals surface area contributed by atoms with E-state index < -0.39 is 12.1 Å². The van der Waals surface area contributed by atoms with E-state index in [0.717, 1.165) is 77.0 Å². The third kappa shape index (κ3) is 39.6. The third-order valence-electron chi connectivity index (χ3n) is 10.1. The average molecular weight is 746 g/mol. The van der Waals surface area contributed by atoms with Gasteiger partial charge in [-0.3, -0.25) is 9.59 Å². The minimum atomic E-state index is -0.866. The van der Waals surface area contributed by atoms with Crippen LogP contribution in [-0.4, -0.2) is 47.4 Å². The van der Waals surface area contributed by atoms with Crippen molar-refractivity contribution in [3.8, 4) is 0 Å². The number of aliphatic hydroxyl groups is 2. The number of allylic oxidation sites excluding steroid dienone is 5. The molecule has 0 radical (unpaired) electrons. The molecule has 6 nitrogen and oxygen atoms in total. The van der Waals surface area contributed by atoms with Crippen molar-refractivity contribution in [2.45, 2.75) is 238 Å². The van der Waals surface area contributed by atoms with Gasteiger partial charge < -0.3 is 20.3 Å². The van der Waals surface area contributed by atoms with Crippen LogP contribution in [0.4, 0.5) is 0 Å². The number of carbonyl (C=O) groups excluding carboxylic acids is 2. The van der Waals surface area contributed by atoms with Gasteiger partial charge in [0.1, 0.15) is 0 Å². The van der Waals surface area contributed by atoms with Crippen molar-refractivity contribution < 1.29 is 24.5 Å². The van der Waals surface area contributed by atoms with Crippen LogP contribution in [0.25, 0.3) is 0 Å². The highest BCUT2D eigenvalue weighted by Gasteiger charge is 2.18. The van der Waals surface area contributed by atoms with E-state index in [9.17, 15) is 19.8 Å². The molecule has 0 saturated heterocycles. The van der Waals surface area contributed by atoms with Crippen LogP contribution in [-0.2, 0) is 14.3 Å². The summed E-state index contributed by atoms with van der Waals surface area (Å²) in [4.78, 5) is 24.3. The van der Waals surface area contributed by atoms with Crippen molar-refractivity contribution in [3.63, 3.8) is 0 Å². The van der Waals surface area contributed by atoms with E-state index in [1.165, 1.54) is 122 Å². The lowest BCUT2D eigenvalue weighted by molar-refractivity contribution is -0.143. The van der Waals surface area contributed by atoms with E-state index in [4.69, 9.17) is 4.74 Å². The second-order valence-corrected chi connectivity index (χ2v) is 15.4. The zero-order valence-electron chi connectivity index (χ0n) is 35.0. The lowest BCUT2D eigenvalue weighted by Crippen LogP contribution is -2.45. The van der Waals surface area contributed by atoms with Crippen LogP contribution in [0, 0.1) is 0 Å². The van der Waals surface area contributed by atoms with E-state index in [-0.39, 0.29) is 18.5 Å². The molecule has 310 valence electrons. The Labute approximate surface area is 328 Å². The van der Waals surface area contributed by atoms with Crippen LogP contribution in [0.5, 0.6) is 0 Å². The molecule has 2 atom stereocenters. The maximum atomic E-state index is 12.4. The van der Waals surface area contributed by atoms with Gasteiger partial charge in [-0.25, -0.2) is 0 Å². The lowest BCUT2D eigenvalue weighted by atomic mass is 10.0. The molecule has 2 unspecified atom stereocenters. The third-order valence-corrected chi connectivity index (χ3v) is 10.1. The molecule has 3 N–H and O–H groups in total. The number of unbranched alkanes of at least 4 members (excludes halogenated alkanes) is 26. The molecule has 0 aromatic carbocycles. The van der Waals surface area contributed by atoms with Gasteiger partial charge in [-0.1, -0.05) is 172 Å². The molecular formula is C47H87NO5. The summed E-state index contributed by atoms with van der Waals surface area (Å²) in [7, 11) is 0. The zero-order chi connectivity index (χ0) is 38.7. The Balaban J connectivity index is 3.61. The summed E-state index contributed by atoms with van der Waals surface area (Å²) >= 11 is 0. The van der Waals surface area contributed by atoms with Gasteiger partial charge in [0.25, 0.3) is 0 Å². The molecule has 0 rings (SSSR count). The van der Waals surface area contributed by atoms with E-state index in [1.807, 2.05) is 6.08 Å². The number of ether oxygens (including phenoxy) is 1. The Morgan fingerprint density at radius 2 is 0.906 bits per heavy atom. The minimum Gasteiger partial charge on any atom is -0.466 e. The molecule has 0 heterocycles. The standard InChI is InChI=1S/C47H87NO5/c1-3-5-7-9-11-13-15-16-17-18-20-23-27-31-35-39-45(50)44(43-49)48-46(51)40-36-32-28-24-21-22-26-30-34-38-42-53-47(52)41-37-33-29-25-19-14-12-10-8-6-4-2/h10,12,22,26,35,39,44-45,49-50H,3-9,11,13-21,23-25,27-34,36-38,40-43H2,1-2H3,(H,48,51)/b12-10-,26-22-,39-35+. The van der Waals surface area contributed by atoms with Gasteiger partial charge in [0.05, 0.1) is 25.4 Å². The zero-order valence-corrected chi connectivity index (χ0v) is 35.0. The summed E-state index contributed by atoms with van der Waals surface area (Å²) in [5, 5.41) is 23.0. The van der Waals surface area contributed by atoms with Crippen molar-refractivity contribution in [2.75, 3.05) is 13.2 Å². The number of rotatable bonds is 41. The van der Waals surface area contributed by atoms with Gasteiger partial charge in [0.2, 0.25) is 5.91 Å². The smallest absolute Gasteiger partial charge is 0.305 e. The predicted octanol–water partition coefficient (Wildman–Crippen LogP) is 12.9. The fraction of sp³-hybridized carbons (Fsp3) is 0.830. The van der Waals surface area contributed by atoms with Crippen LogP contribution in [0.3, 0.4) is 0 Å². The highest BCUT2D eigenvalue weighted by molar-refractivity contribution is 5.76. The summed E-state index contributed by atoms with van der Waals surface area (Å²) in [5.41, 5.74) is 0. The van der Waals surface area contributed by atoms with Crippen LogP contribution in [0.1, 0.15) is 226 Å². The summed E-state index contributed by atoms with van der Waals surface area (Å²) in [5.74, 6) is -0.156. The monoisotopic (exact) mass is 746 g/mol. The Morgan fingerprint density at radius 1 is 0.509 bits per heavy atom. The molecule has 0 saturated carbocycles. The first-order valence-corrected chi connectivity index (χ1v) is 22.8. The summed E-state index contributed by atoms with van der Waals surface area (Å²) in [6, 6.07) is -0.653. The summed E-state index contributed by atoms with van der Waals surface area (Å²) < 4.78 is 5.40. The molecule has 0 spiro atoms. The highest BCUT2D eigenvalue weighted by atomic mass is 16.5. The van der Waals surface area contributed by atoms with Gasteiger partial charge in [0.15, 0.2) is 0 Å². The van der Waals surface area contributed by atoms with E-state index >= 15 is 0 Å². The van der Waals surface area contributed by atoms with E-state index in [0.29, 0.717) is 19.4 Å². The molecule has 0 bridgehead atoms. The number of aliphatic hydroxyl groups excluding tert-OH is 2. The van der Waals surface area contributed by atoms with Crippen molar-refractivity contribution in [1.29, 1.82) is 0 Å². The van der Waals surface area contributed by atoms with Crippen LogP contribution in [0.2, 0.25) is 0 Å². The van der Waals surface area contributed by atoms with Crippen molar-refractivity contribution in [2.24, 2.45) is 0 Å². The molecular weight excluding hydrogens is 659 g/mol. The first-order chi connectivity index (χ1) is 26.0. The minimum absolute atomic E-state index is 0.0505. The van der Waals surface area contributed by atoms with Crippen LogP contribution >= 0.6 is 0 Å². The number of nitrogens with one attached hydrogen (secondary N) is 1. The second kappa shape index (κ2) is 42.8. The van der Waals surface area contributed by atoms with Crippen molar-refractivity contribution in [3.05, 3.63) is 36.5 Å². The fourth-order valence-corrected chi connectivity index (χ4v) is 6.55. The SMILES string of the molecule is CCCC/C=C\CCCCCCCC(=O)OCCCC/C=C\CCCCCCC(=O)NC(CO)C(O)/C=C/CCCCCCCCCCCCCCC.